The van der Waals surface area contributed by atoms with Gasteiger partial charge >= 0.3 is 0 Å². The van der Waals surface area contributed by atoms with Crippen molar-refractivity contribution in [3.05, 3.63) is 48.7 Å². The molecular weight excluding hydrogens is 198 g/mol. The van der Waals surface area contributed by atoms with Crippen LogP contribution in [0.15, 0.2) is 48.7 Å². The Kier molecular flexibility index (Phi) is 2.97. The van der Waals surface area contributed by atoms with Crippen molar-refractivity contribution in [3.8, 4) is 11.3 Å². The van der Waals surface area contributed by atoms with E-state index in [1.54, 1.807) is 0 Å². The molecule has 0 amide bonds. The quantitative estimate of drug-likeness (QED) is 0.698. The highest BCUT2D eigenvalue weighted by atomic mass is 28.3. The van der Waals surface area contributed by atoms with Gasteiger partial charge in [0.15, 0.2) is 0 Å². The number of rotatable bonds is 2. The average Bonchev–Trinajstić information content (AvgIpc) is 2.30. The Morgan fingerprint density at radius 3 is 2.40 bits per heavy atom. The van der Waals surface area contributed by atoms with Crippen LogP contribution >= 0.6 is 0 Å². The van der Waals surface area contributed by atoms with E-state index in [1.807, 2.05) is 12.3 Å². The zero-order valence-electron chi connectivity index (χ0n) is 9.14. The molecule has 0 saturated heterocycles. The van der Waals surface area contributed by atoms with Gasteiger partial charge < -0.3 is 0 Å². The van der Waals surface area contributed by atoms with Gasteiger partial charge in [-0.15, -0.1) is 0 Å². The Bertz CT molecular complexity index is 437. The van der Waals surface area contributed by atoms with Crippen molar-refractivity contribution < 1.29 is 0 Å². The number of aromatic nitrogens is 1. The van der Waals surface area contributed by atoms with Crippen LogP contribution in [0.25, 0.3) is 11.3 Å². The standard InChI is InChI=1S/C13H15NSi/c1-15(2)12-8-9-14-13(10-12)11-6-4-3-5-7-11/h3-10,15H,1-2H3. The SMILES string of the molecule is C[SiH](C)c1ccnc(-c2ccccc2)c1. The molecule has 76 valence electrons. The molecule has 1 aromatic heterocycles. The van der Waals surface area contributed by atoms with Crippen molar-refractivity contribution >= 4 is 14.0 Å². The van der Waals surface area contributed by atoms with Crippen LogP contribution in [0.3, 0.4) is 0 Å². The summed E-state index contributed by atoms with van der Waals surface area (Å²) < 4.78 is 0. The first-order chi connectivity index (χ1) is 7.27. The number of hydrogen-bond acceptors (Lipinski definition) is 1. The second kappa shape index (κ2) is 4.40. The van der Waals surface area contributed by atoms with Gasteiger partial charge in [0, 0.05) is 11.8 Å². The smallest absolute Gasteiger partial charge is 0.0700 e. The minimum Gasteiger partial charge on any atom is -0.256 e. The monoisotopic (exact) mass is 213 g/mol. The van der Waals surface area contributed by atoms with Gasteiger partial charge in [-0.05, 0) is 12.1 Å². The van der Waals surface area contributed by atoms with Gasteiger partial charge in [-0.2, -0.15) is 0 Å². The molecule has 0 atom stereocenters. The summed E-state index contributed by atoms with van der Waals surface area (Å²) in [6.45, 7) is 4.67. The van der Waals surface area contributed by atoms with Crippen LogP contribution in [-0.4, -0.2) is 13.8 Å². The third-order valence-electron chi connectivity index (χ3n) is 2.52. The van der Waals surface area contributed by atoms with E-state index >= 15 is 0 Å². The molecule has 0 bridgehead atoms. The van der Waals surface area contributed by atoms with Gasteiger partial charge in [-0.1, -0.05) is 48.6 Å². The Morgan fingerprint density at radius 2 is 1.73 bits per heavy atom. The fraction of sp³-hybridized carbons (Fsp3) is 0.154. The van der Waals surface area contributed by atoms with Crippen LogP contribution in [0.4, 0.5) is 0 Å². The molecular formula is C13H15NSi. The Labute approximate surface area is 92.4 Å². The minimum atomic E-state index is -0.720. The molecule has 2 rings (SSSR count). The van der Waals surface area contributed by atoms with E-state index in [1.165, 1.54) is 10.8 Å². The number of pyridine rings is 1. The molecule has 0 fully saturated rings. The highest BCUT2D eigenvalue weighted by Gasteiger charge is 2.03. The molecule has 2 heteroatoms. The van der Waals surface area contributed by atoms with Gasteiger partial charge in [0.05, 0.1) is 14.5 Å². The molecule has 15 heavy (non-hydrogen) atoms. The average molecular weight is 213 g/mol. The zero-order chi connectivity index (χ0) is 10.7. The zero-order valence-corrected chi connectivity index (χ0v) is 10.3. The summed E-state index contributed by atoms with van der Waals surface area (Å²) >= 11 is 0. The van der Waals surface area contributed by atoms with E-state index in [0.717, 1.165) is 5.69 Å². The molecule has 1 nitrogen and oxygen atoms in total. The van der Waals surface area contributed by atoms with Crippen LogP contribution in [-0.2, 0) is 0 Å². The summed E-state index contributed by atoms with van der Waals surface area (Å²) in [7, 11) is -0.720. The fourth-order valence-corrected chi connectivity index (χ4v) is 2.53. The maximum Gasteiger partial charge on any atom is 0.0700 e. The fourth-order valence-electron chi connectivity index (χ4n) is 1.57. The van der Waals surface area contributed by atoms with Crippen molar-refractivity contribution in [3.63, 3.8) is 0 Å². The summed E-state index contributed by atoms with van der Waals surface area (Å²) in [6.07, 6.45) is 1.92. The van der Waals surface area contributed by atoms with Gasteiger partial charge in [-0.3, -0.25) is 4.98 Å². The topological polar surface area (TPSA) is 12.9 Å². The summed E-state index contributed by atoms with van der Waals surface area (Å²) in [5.74, 6) is 0. The first-order valence-electron chi connectivity index (χ1n) is 5.29. The van der Waals surface area contributed by atoms with E-state index in [2.05, 4.69) is 54.5 Å². The molecule has 0 saturated carbocycles. The van der Waals surface area contributed by atoms with Crippen molar-refractivity contribution in [2.24, 2.45) is 0 Å². The van der Waals surface area contributed by atoms with Crippen molar-refractivity contribution in [2.45, 2.75) is 13.1 Å². The van der Waals surface area contributed by atoms with E-state index < -0.39 is 8.80 Å². The molecule has 2 aromatic rings. The molecule has 0 aliphatic rings. The van der Waals surface area contributed by atoms with Crippen molar-refractivity contribution in [1.82, 2.24) is 4.98 Å². The lowest BCUT2D eigenvalue weighted by Crippen LogP contribution is -2.22. The van der Waals surface area contributed by atoms with E-state index in [0.29, 0.717) is 0 Å². The molecule has 0 aliphatic heterocycles. The Balaban J connectivity index is 2.42. The maximum absolute atomic E-state index is 4.41. The van der Waals surface area contributed by atoms with Gasteiger partial charge in [0.25, 0.3) is 0 Å². The molecule has 0 spiro atoms. The van der Waals surface area contributed by atoms with Crippen LogP contribution < -0.4 is 5.19 Å². The lowest BCUT2D eigenvalue weighted by atomic mass is 10.1. The van der Waals surface area contributed by atoms with E-state index in [9.17, 15) is 0 Å². The summed E-state index contributed by atoms with van der Waals surface area (Å²) in [4.78, 5) is 4.41. The molecule has 1 heterocycles. The normalized spacial score (nSPS) is 10.6. The number of nitrogens with zero attached hydrogens (tertiary/aromatic N) is 1. The third kappa shape index (κ3) is 2.33. The minimum absolute atomic E-state index is 0.720. The molecule has 1 aromatic carbocycles. The predicted molar refractivity (Wildman–Crippen MR) is 68.2 cm³/mol. The third-order valence-corrected chi connectivity index (χ3v) is 4.21. The van der Waals surface area contributed by atoms with Gasteiger partial charge in [0.2, 0.25) is 0 Å². The van der Waals surface area contributed by atoms with Gasteiger partial charge in [0.1, 0.15) is 0 Å². The maximum atomic E-state index is 4.41. The molecule has 0 radical (unpaired) electrons. The highest BCUT2D eigenvalue weighted by Crippen LogP contribution is 2.14. The summed E-state index contributed by atoms with van der Waals surface area (Å²) in [5, 5.41) is 1.48. The largest absolute Gasteiger partial charge is 0.256 e. The van der Waals surface area contributed by atoms with Crippen molar-refractivity contribution in [2.75, 3.05) is 0 Å². The number of benzene rings is 1. The summed E-state index contributed by atoms with van der Waals surface area (Å²) in [5.41, 5.74) is 2.29. The lowest BCUT2D eigenvalue weighted by molar-refractivity contribution is 1.34. The van der Waals surface area contributed by atoms with Crippen molar-refractivity contribution in [1.29, 1.82) is 0 Å². The van der Waals surface area contributed by atoms with Gasteiger partial charge in [-0.25, -0.2) is 0 Å². The first kappa shape index (κ1) is 10.1. The summed E-state index contributed by atoms with van der Waals surface area (Å²) in [6, 6.07) is 14.7. The second-order valence-corrected chi connectivity index (χ2v) is 6.97. The van der Waals surface area contributed by atoms with Crippen LogP contribution in [0.2, 0.25) is 13.1 Å². The highest BCUT2D eigenvalue weighted by molar-refractivity contribution is 6.70. The predicted octanol–water partition coefficient (Wildman–Crippen LogP) is 2.44. The molecule has 0 aliphatic carbocycles. The van der Waals surface area contributed by atoms with E-state index in [-0.39, 0.29) is 0 Å². The van der Waals surface area contributed by atoms with Crippen LogP contribution in [0.1, 0.15) is 0 Å². The molecule has 0 unspecified atom stereocenters. The Morgan fingerprint density at radius 1 is 1.00 bits per heavy atom. The first-order valence-corrected chi connectivity index (χ1v) is 8.17. The van der Waals surface area contributed by atoms with Crippen LogP contribution in [0, 0.1) is 0 Å². The van der Waals surface area contributed by atoms with E-state index in [4.69, 9.17) is 0 Å². The second-order valence-electron chi connectivity index (χ2n) is 4.00. The molecule has 0 N–H and O–H groups in total. The van der Waals surface area contributed by atoms with Crippen LogP contribution in [0.5, 0.6) is 0 Å². The lowest BCUT2D eigenvalue weighted by Gasteiger charge is -2.06. The Hall–Kier alpha value is -1.41. The number of hydrogen-bond donors (Lipinski definition) is 0.